The van der Waals surface area contributed by atoms with Crippen molar-refractivity contribution in [3.05, 3.63) is 34.7 Å². The van der Waals surface area contributed by atoms with Gasteiger partial charge in [0.2, 0.25) is 5.91 Å². The fourth-order valence-electron chi connectivity index (χ4n) is 1.40. The van der Waals surface area contributed by atoms with Crippen LogP contribution >= 0.6 is 0 Å². The average molecular weight is 253 g/mol. The molecule has 1 amide bonds. The number of methoxy groups -OCH3 is 1. The van der Waals surface area contributed by atoms with Gasteiger partial charge in [-0.2, -0.15) is 0 Å². The Morgan fingerprint density at radius 1 is 1.39 bits per heavy atom. The first-order chi connectivity index (χ1) is 8.74. The highest BCUT2D eigenvalue weighted by Gasteiger charge is 1.99. The Morgan fingerprint density at radius 3 is 2.94 bits per heavy atom. The van der Waals surface area contributed by atoms with Crippen LogP contribution in [0.3, 0.4) is 0 Å². The first kappa shape index (κ1) is 14.4. The zero-order chi connectivity index (χ0) is 13.2. The van der Waals surface area contributed by atoms with Crippen LogP contribution in [-0.4, -0.2) is 43.8 Å². The van der Waals surface area contributed by atoms with E-state index in [9.17, 15) is 9.59 Å². The molecule has 0 saturated carbocycles. The van der Waals surface area contributed by atoms with Gasteiger partial charge in [-0.05, 0) is 6.07 Å². The van der Waals surface area contributed by atoms with E-state index in [1.165, 1.54) is 6.07 Å². The van der Waals surface area contributed by atoms with Crippen molar-refractivity contribution in [2.45, 2.75) is 6.54 Å². The minimum absolute atomic E-state index is 0.0381. The quantitative estimate of drug-likeness (QED) is 0.595. The summed E-state index contributed by atoms with van der Waals surface area (Å²) in [6.07, 6.45) is 1.72. The molecule has 0 aliphatic heterocycles. The number of hydrogen-bond donors (Lipinski definition) is 2. The molecule has 0 aromatic carbocycles. The molecule has 1 rings (SSSR count). The average Bonchev–Trinajstić information content (AvgIpc) is 2.37. The number of nitrogens with one attached hydrogen (secondary N) is 2. The van der Waals surface area contributed by atoms with E-state index in [0.717, 1.165) is 0 Å². The highest BCUT2D eigenvalue weighted by molar-refractivity contribution is 5.77. The Hall–Kier alpha value is -1.66. The molecule has 0 radical (unpaired) electrons. The summed E-state index contributed by atoms with van der Waals surface area (Å²) >= 11 is 0. The number of aromatic nitrogens is 1. The summed E-state index contributed by atoms with van der Waals surface area (Å²) in [5, 5.41) is 5.67. The summed E-state index contributed by atoms with van der Waals surface area (Å²) in [5.41, 5.74) is -0.0381. The largest absolute Gasteiger partial charge is 0.383 e. The second-order valence-electron chi connectivity index (χ2n) is 3.75. The Labute approximate surface area is 106 Å². The van der Waals surface area contributed by atoms with E-state index in [1.54, 1.807) is 30.0 Å². The molecule has 6 nitrogen and oxygen atoms in total. The lowest BCUT2D eigenvalue weighted by Gasteiger charge is -2.07. The fourth-order valence-corrected chi connectivity index (χ4v) is 1.40. The number of pyridine rings is 1. The van der Waals surface area contributed by atoms with Crippen LogP contribution in [0.2, 0.25) is 0 Å². The van der Waals surface area contributed by atoms with Crippen LogP contribution in [0.4, 0.5) is 0 Å². The van der Waals surface area contributed by atoms with Crippen molar-refractivity contribution in [2.24, 2.45) is 0 Å². The van der Waals surface area contributed by atoms with Crippen molar-refractivity contribution < 1.29 is 9.53 Å². The van der Waals surface area contributed by atoms with Gasteiger partial charge in [0.1, 0.15) is 0 Å². The van der Waals surface area contributed by atoms with Gasteiger partial charge >= 0.3 is 0 Å². The molecule has 2 N–H and O–H groups in total. The number of rotatable bonds is 8. The minimum atomic E-state index is -0.0764. The Morgan fingerprint density at radius 2 is 2.22 bits per heavy atom. The number of amides is 1. The molecule has 0 aliphatic rings. The molecule has 0 atom stereocenters. The normalized spacial score (nSPS) is 10.3. The lowest BCUT2D eigenvalue weighted by molar-refractivity contribution is -0.120. The van der Waals surface area contributed by atoms with Gasteiger partial charge in [-0.1, -0.05) is 6.07 Å². The third-order valence-electron chi connectivity index (χ3n) is 2.34. The third-order valence-corrected chi connectivity index (χ3v) is 2.34. The van der Waals surface area contributed by atoms with Gasteiger partial charge in [-0.15, -0.1) is 0 Å². The first-order valence-electron chi connectivity index (χ1n) is 5.86. The Balaban J connectivity index is 2.13. The van der Waals surface area contributed by atoms with Gasteiger partial charge in [-0.3, -0.25) is 9.59 Å². The topological polar surface area (TPSA) is 72.4 Å². The molecule has 0 unspecified atom stereocenters. The SMILES string of the molecule is COCCNC(=O)CNCCn1ccccc1=O. The van der Waals surface area contributed by atoms with Crippen molar-refractivity contribution in [3.63, 3.8) is 0 Å². The number of ether oxygens (including phenoxy) is 1. The van der Waals surface area contributed by atoms with Gasteiger partial charge in [0.15, 0.2) is 0 Å². The molecule has 6 heteroatoms. The first-order valence-corrected chi connectivity index (χ1v) is 5.86. The molecular formula is C12H19N3O3. The van der Waals surface area contributed by atoms with Crippen molar-refractivity contribution >= 4 is 5.91 Å². The summed E-state index contributed by atoms with van der Waals surface area (Å²) in [4.78, 5) is 22.7. The number of carbonyl (C=O) groups is 1. The molecule has 1 heterocycles. The third kappa shape index (κ3) is 5.60. The van der Waals surface area contributed by atoms with Crippen molar-refractivity contribution in [1.29, 1.82) is 0 Å². The van der Waals surface area contributed by atoms with E-state index >= 15 is 0 Å². The Kier molecular flexibility index (Phi) is 6.75. The van der Waals surface area contributed by atoms with Crippen molar-refractivity contribution in [1.82, 2.24) is 15.2 Å². The van der Waals surface area contributed by atoms with E-state index < -0.39 is 0 Å². The summed E-state index contributed by atoms with van der Waals surface area (Å²) in [7, 11) is 1.59. The van der Waals surface area contributed by atoms with E-state index in [-0.39, 0.29) is 18.0 Å². The molecule has 0 bridgehead atoms. The highest BCUT2D eigenvalue weighted by atomic mass is 16.5. The second-order valence-corrected chi connectivity index (χ2v) is 3.75. The van der Waals surface area contributed by atoms with Gasteiger partial charge in [0.05, 0.1) is 13.2 Å². The monoisotopic (exact) mass is 253 g/mol. The smallest absolute Gasteiger partial charge is 0.250 e. The van der Waals surface area contributed by atoms with E-state index in [2.05, 4.69) is 10.6 Å². The molecule has 0 fully saturated rings. The van der Waals surface area contributed by atoms with Crippen LogP contribution in [0.1, 0.15) is 0 Å². The molecule has 0 aliphatic carbocycles. The number of nitrogens with zero attached hydrogens (tertiary/aromatic N) is 1. The summed E-state index contributed by atoms with van der Waals surface area (Å²) in [6, 6.07) is 5.02. The predicted molar refractivity (Wildman–Crippen MR) is 68.5 cm³/mol. The minimum Gasteiger partial charge on any atom is -0.383 e. The molecule has 100 valence electrons. The van der Waals surface area contributed by atoms with Crippen LogP contribution in [0.5, 0.6) is 0 Å². The molecule has 1 aromatic heterocycles. The van der Waals surface area contributed by atoms with Crippen molar-refractivity contribution in [3.8, 4) is 0 Å². The van der Waals surface area contributed by atoms with Crippen molar-refractivity contribution in [2.75, 3.05) is 33.4 Å². The van der Waals surface area contributed by atoms with Crippen LogP contribution < -0.4 is 16.2 Å². The maximum Gasteiger partial charge on any atom is 0.250 e. The standard InChI is InChI=1S/C12H19N3O3/c1-18-9-6-14-11(16)10-13-5-8-15-7-3-2-4-12(15)17/h2-4,7,13H,5-6,8-10H2,1H3,(H,14,16). The van der Waals surface area contributed by atoms with E-state index in [0.29, 0.717) is 26.2 Å². The van der Waals surface area contributed by atoms with Gasteiger partial charge < -0.3 is 19.9 Å². The lowest BCUT2D eigenvalue weighted by atomic mass is 10.4. The molecule has 1 aromatic rings. The lowest BCUT2D eigenvalue weighted by Crippen LogP contribution is -2.37. The number of hydrogen-bond acceptors (Lipinski definition) is 4. The zero-order valence-corrected chi connectivity index (χ0v) is 10.5. The van der Waals surface area contributed by atoms with Crippen LogP contribution in [-0.2, 0) is 16.1 Å². The van der Waals surface area contributed by atoms with Gasteiger partial charge in [-0.25, -0.2) is 0 Å². The maximum absolute atomic E-state index is 11.4. The van der Waals surface area contributed by atoms with Crippen LogP contribution in [0, 0.1) is 0 Å². The molecule has 18 heavy (non-hydrogen) atoms. The summed E-state index contributed by atoms with van der Waals surface area (Å²) in [5.74, 6) is -0.0764. The maximum atomic E-state index is 11.4. The summed E-state index contributed by atoms with van der Waals surface area (Å²) in [6.45, 7) is 2.37. The van der Waals surface area contributed by atoms with E-state index in [4.69, 9.17) is 4.74 Å². The van der Waals surface area contributed by atoms with Crippen LogP contribution in [0.15, 0.2) is 29.2 Å². The predicted octanol–water partition coefficient (Wildman–Crippen LogP) is -0.799. The molecule has 0 spiro atoms. The fraction of sp³-hybridized carbons (Fsp3) is 0.500. The molecular weight excluding hydrogens is 234 g/mol. The summed E-state index contributed by atoms with van der Waals surface area (Å²) < 4.78 is 6.41. The van der Waals surface area contributed by atoms with Gasteiger partial charge in [0.25, 0.3) is 5.56 Å². The van der Waals surface area contributed by atoms with Gasteiger partial charge in [0, 0.05) is 39.0 Å². The number of carbonyl (C=O) groups excluding carboxylic acids is 1. The molecule has 0 saturated heterocycles. The van der Waals surface area contributed by atoms with Crippen LogP contribution in [0.25, 0.3) is 0 Å². The highest BCUT2D eigenvalue weighted by Crippen LogP contribution is 1.80. The zero-order valence-electron chi connectivity index (χ0n) is 10.5. The van der Waals surface area contributed by atoms with E-state index in [1.807, 2.05) is 0 Å². The Bertz CT molecular complexity index is 417. The second kappa shape index (κ2) is 8.43.